The summed E-state index contributed by atoms with van der Waals surface area (Å²) in [5.41, 5.74) is 12.4. The predicted octanol–water partition coefficient (Wildman–Crippen LogP) is 0.0311. The van der Waals surface area contributed by atoms with Crippen LogP contribution in [0.1, 0.15) is 0 Å². The number of nitrogens with two attached hydrogens (primary N) is 2. The molecular weight excluding hydrogens is 168 g/mol. The van der Waals surface area contributed by atoms with Crippen LogP contribution in [0.3, 0.4) is 0 Å². The molecule has 0 unspecified atom stereocenters. The van der Waals surface area contributed by atoms with Crippen molar-refractivity contribution in [2.45, 2.75) is 0 Å². The molecule has 0 aromatic carbocycles. The Morgan fingerprint density at radius 2 is 2.15 bits per heavy atom. The molecule has 0 aliphatic heterocycles. The molecule has 0 amide bonds. The molecule has 0 aliphatic rings. The minimum absolute atomic E-state index is 0.220. The van der Waals surface area contributed by atoms with E-state index in [9.17, 15) is 0 Å². The monoisotopic (exact) mass is 176 g/mol. The van der Waals surface area contributed by atoms with Gasteiger partial charge in [0, 0.05) is 6.20 Å². The Morgan fingerprint density at radius 3 is 2.77 bits per heavy atom. The van der Waals surface area contributed by atoms with Crippen LogP contribution in [0.4, 0.5) is 11.8 Å². The molecule has 0 radical (unpaired) electrons. The summed E-state index contributed by atoms with van der Waals surface area (Å²) in [5, 5.41) is 6.39. The lowest BCUT2D eigenvalue weighted by atomic mass is 10.2. The van der Waals surface area contributed by atoms with E-state index in [1.165, 1.54) is 0 Å². The van der Waals surface area contributed by atoms with Gasteiger partial charge in [0.2, 0.25) is 5.95 Å². The normalized spacial score (nSPS) is 10.2. The van der Waals surface area contributed by atoms with Crippen molar-refractivity contribution < 1.29 is 0 Å². The van der Waals surface area contributed by atoms with E-state index in [1.807, 2.05) is 0 Å². The second-order valence-corrected chi connectivity index (χ2v) is 2.50. The van der Waals surface area contributed by atoms with Gasteiger partial charge in [-0.2, -0.15) is 5.10 Å². The van der Waals surface area contributed by atoms with E-state index in [4.69, 9.17) is 11.5 Å². The molecule has 0 fully saturated rings. The maximum Gasteiger partial charge on any atom is 0.220 e. The van der Waals surface area contributed by atoms with Crippen molar-refractivity contribution in [3.05, 3.63) is 18.5 Å². The lowest BCUT2D eigenvalue weighted by molar-refractivity contribution is 1.10. The fourth-order valence-corrected chi connectivity index (χ4v) is 1.02. The Hall–Kier alpha value is -2.11. The summed E-state index contributed by atoms with van der Waals surface area (Å²) in [6, 6.07) is 1.72. The van der Waals surface area contributed by atoms with Crippen molar-refractivity contribution in [3.63, 3.8) is 0 Å². The fraction of sp³-hybridized carbons (Fsp3) is 0. The first-order chi connectivity index (χ1) is 6.27. The number of aromatic amines is 1. The molecule has 6 nitrogen and oxygen atoms in total. The molecule has 66 valence electrons. The zero-order valence-corrected chi connectivity index (χ0v) is 6.73. The van der Waals surface area contributed by atoms with Crippen molar-refractivity contribution in [2.24, 2.45) is 0 Å². The highest BCUT2D eigenvalue weighted by Crippen LogP contribution is 2.20. The van der Waals surface area contributed by atoms with Crippen LogP contribution in [-0.4, -0.2) is 20.2 Å². The van der Waals surface area contributed by atoms with Gasteiger partial charge in [0.15, 0.2) is 0 Å². The Morgan fingerprint density at radius 1 is 1.31 bits per heavy atom. The smallest absolute Gasteiger partial charge is 0.220 e. The standard InChI is InChI=1S/C7H8N6/c8-6-4(3-11-13-6)5-1-2-10-7(9)12-5/h1-3H,(H3,8,11,13)(H2,9,10,12). The molecule has 2 heterocycles. The Balaban J connectivity index is 2.53. The number of nitrogens with zero attached hydrogens (tertiary/aromatic N) is 3. The molecule has 5 N–H and O–H groups in total. The molecule has 0 spiro atoms. The Labute approximate surface area is 74.0 Å². The van der Waals surface area contributed by atoms with Crippen molar-refractivity contribution in [1.82, 2.24) is 20.2 Å². The number of H-pyrrole nitrogens is 1. The molecule has 13 heavy (non-hydrogen) atoms. The van der Waals surface area contributed by atoms with Gasteiger partial charge in [0.05, 0.1) is 17.5 Å². The van der Waals surface area contributed by atoms with Crippen molar-refractivity contribution in [2.75, 3.05) is 11.5 Å². The molecular formula is C7H8N6. The minimum atomic E-state index is 0.220. The van der Waals surface area contributed by atoms with Gasteiger partial charge >= 0.3 is 0 Å². The summed E-state index contributed by atoms with van der Waals surface area (Å²) in [4.78, 5) is 7.78. The average molecular weight is 176 g/mol. The van der Waals surface area contributed by atoms with E-state index in [2.05, 4.69) is 20.2 Å². The third kappa shape index (κ3) is 1.28. The Kier molecular flexibility index (Phi) is 1.59. The van der Waals surface area contributed by atoms with Crippen LogP contribution in [0.5, 0.6) is 0 Å². The molecule has 0 aliphatic carbocycles. The summed E-state index contributed by atoms with van der Waals surface area (Å²) >= 11 is 0. The van der Waals surface area contributed by atoms with Crippen LogP contribution in [-0.2, 0) is 0 Å². The van der Waals surface area contributed by atoms with Crippen LogP contribution in [0.15, 0.2) is 18.5 Å². The van der Waals surface area contributed by atoms with Gasteiger partial charge in [-0.25, -0.2) is 9.97 Å². The zero-order valence-electron chi connectivity index (χ0n) is 6.73. The first kappa shape index (κ1) is 7.53. The van der Waals surface area contributed by atoms with Crippen LogP contribution in [0, 0.1) is 0 Å². The van der Waals surface area contributed by atoms with Gasteiger partial charge in [-0.15, -0.1) is 0 Å². The van der Waals surface area contributed by atoms with E-state index in [-0.39, 0.29) is 5.95 Å². The third-order valence-electron chi connectivity index (χ3n) is 1.62. The maximum absolute atomic E-state index is 5.60. The predicted molar refractivity (Wildman–Crippen MR) is 48.4 cm³/mol. The molecule has 6 heteroatoms. The molecule has 2 aromatic rings. The van der Waals surface area contributed by atoms with Crippen LogP contribution >= 0.6 is 0 Å². The van der Waals surface area contributed by atoms with Crippen LogP contribution in [0.25, 0.3) is 11.3 Å². The molecule has 0 bridgehead atoms. The summed E-state index contributed by atoms with van der Waals surface area (Å²) in [5.74, 6) is 0.691. The number of anilines is 2. The number of nitrogen functional groups attached to an aromatic ring is 2. The summed E-state index contributed by atoms with van der Waals surface area (Å²) in [6.45, 7) is 0. The summed E-state index contributed by atoms with van der Waals surface area (Å²) in [7, 11) is 0. The molecule has 0 atom stereocenters. The van der Waals surface area contributed by atoms with E-state index in [0.717, 1.165) is 5.56 Å². The fourth-order valence-electron chi connectivity index (χ4n) is 1.02. The molecule has 0 saturated heterocycles. The minimum Gasteiger partial charge on any atom is -0.384 e. The first-order valence-corrected chi connectivity index (χ1v) is 3.65. The van der Waals surface area contributed by atoms with E-state index in [0.29, 0.717) is 11.5 Å². The summed E-state index contributed by atoms with van der Waals surface area (Å²) < 4.78 is 0. The topological polar surface area (TPSA) is 106 Å². The third-order valence-corrected chi connectivity index (χ3v) is 1.62. The highest BCUT2D eigenvalue weighted by molar-refractivity contribution is 5.70. The number of aromatic nitrogens is 4. The van der Waals surface area contributed by atoms with Crippen LogP contribution < -0.4 is 11.5 Å². The van der Waals surface area contributed by atoms with Gasteiger partial charge in [-0.3, -0.25) is 5.10 Å². The van der Waals surface area contributed by atoms with Crippen molar-refractivity contribution >= 4 is 11.8 Å². The lowest BCUT2D eigenvalue weighted by Crippen LogP contribution is -1.96. The average Bonchev–Trinajstić information content (AvgIpc) is 2.51. The highest BCUT2D eigenvalue weighted by Gasteiger charge is 2.05. The molecule has 2 aromatic heterocycles. The van der Waals surface area contributed by atoms with Crippen molar-refractivity contribution in [1.29, 1.82) is 0 Å². The van der Waals surface area contributed by atoms with E-state index >= 15 is 0 Å². The van der Waals surface area contributed by atoms with Gasteiger partial charge in [0.1, 0.15) is 5.82 Å². The van der Waals surface area contributed by atoms with E-state index < -0.39 is 0 Å². The van der Waals surface area contributed by atoms with Gasteiger partial charge in [-0.1, -0.05) is 0 Å². The van der Waals surface area contributed by atoms with Gasteiger partial charge in [-0.05, 0) is 6.07 Å². The molecule has 2 rings (SSSR count). The zero-order chi connectivity index (χ0) is 9.26. The largest absolute Gasteiger partial charge is 0.384 e. The lowest BCUT2D eigenvalue weighted by Gasteiger charge is -1.97. The number of nitrogens with one attached hydrogen (secondary N) is 1. The van der Waals surface area contributed by atoms with Crippen molar-refractivity contribution in [3.8, 4) is 11.3 Å². The number of rotatable bonds is 1. The quantitative estimate of drug-likeness (QED) is 0.568. The van der Waals surface area contributed by atoms with Gasteiger partial charge < -0.3 is 11.5 Å². The number of hydrogen-bond acceptors (Lipinski definition) is 5. The second-order valence-electron chi connectivity index (χ2n) is 2.50. The second kappa shape index (κ2) is 2.74. The van der Waals surface area contributed by atoms with Gasteiger partial charge in [0.25, 0.3) is 0 Å². The summed E-state index contributed by atoms with van der Waals surface area (Å²) in [6.07, 6.45) is 3.17. The van der Waals surface area contributed by atoms with Crippen LogP contribution in [0.2, 0.25) is 0 Å². The first-order valence-electron chi connectivity index (χ1n) is 3.65. The highest BCUT2D eigenvalue weighted by atomic mass is 15.1. The Bertz CT molecular complexity index is 420. The molecule has 0 saturated carbocycles. The maximum atomic E-state index is 5.60. The van der Waals surface area contributed by atoms with E-state index in [1.54, 1.807) is 18.5 Å². The number of hydrogen-bond donors (Lipinski definition) is 3. The SMILES string of the molecule is Nc1nccc(-c2cn[nH]c2N)n1.